The Morgan fingerprint density at radius 2 is 1.80 bits per heavy atom. The van der Waals surface area contributed by atoms with Gasteiger partial charge in [-0.15, -0.1) is 0 Å². The standard InChI is InChI=1S/C23H23F3N2O2/c1-30-20-7-2-5-17(22(20)29)15-28-14-4-13-27-12-3-6-19(27)21(28)16-8-10-18(11-9-16)23(24,25)26/h2-3,5-12,21,29H,4,13-15H2,1H3/t21-/m0/s1. The van der Waals surface area contributed by atoms with Gasteiger partial charge >= 0.3 is 6.18 Å². The maximum atomic E-state index is 13.0. The van der Waals surface area contributed by atoms with Crippen LogP contribution in [0, 0.1) is 0 Å². The minimum absolute atomic E-state index is 0.0887. The molecule has 0 saturated carbocycles. The molecule has 7 heteroatoms. The van der Waals surface area contributed by atoms with Crippen LogP contribution in [0.1, 0.15) is 34.8 Å². The van der Waals surface area contributed by atoms with Crippen LogP contribution in [0.2, 0.25) is 0 Å². The van der Waals surface area contributed by atoms with Gasteiger partial charge in [0.25, 0.3) is 0 Å². The number of rotatable bonds is 4. The molecule has 1 aromatic heterocycles. The summed E-state index contributed by atoms with van der Waals surface area (Å²) in [5, 5.41) is 10.5. The summed E-state index contributed by atoms with van der Waals surface area (Å²) in [5.74, 6) is 0.488. The van der Waals surface area contributed by atoms with Gasteiger partial charge in [0.2, 0.25) is 0 Å². The number of alkyl halides is 3. The first-order valence-electron chi connectivity index (χ1n) is 9.79. The van der Waals surface area contributed by atoms with Crippen LogP contribution in [0.5, 0.6) is 11.5 Å². The topological polar surface area (TPSA) is 37.6 Å². The first-order valence-corrected chi connectivity index (χ1v) is 9.79. The van der Waals surface area contributed by atoms with E-state index in [1.54, 1.807) is 18.2 Å². The zero-order chi connectivity index (χ0) is 21.3. The predicted octanol–water partition coefficient (Wildman–Crippen LogP) is 5.22. The van der Waals surface area contributed by atoms with Gasteiger partial charge in [0, 0.05) is 37.1 Å². The van der Waals surface area contributed by atoms with Crippen LogP contribution < -0.4 is 4.74 Å². The van der Waals surface area contributed by atoms with Gasteiger partial charge in [-0.2, -0.15) is 13.2 Å². The molecule has 1 N–H and O–H groups in total. The van der Waals surface area contributed by atoms with Gasteiger partial charge in [-0.3, -0.25) is 4.90 Å². The highest BCUT2D eigenvalue weighted by atomic mass is 19.4. The molecular weight excluding hydrogens is 393 g/mol. The number of nitrogens with zero attached hydrogens (tertiary/aromatic N) is 2. The van der Waals surface area contributed by atoms with E-state index in [1.165, 1.54) is 7.11 Å². The number of aromatic nitrogens is 1. The third-order valence-electron chi connectivity index (χ3n) is 5.58. The fraction of sp³-hybridized carbons (Fsp3) is 0.304. The number of fused-ring (bicyclic) bond motifs is 1. The summed E-state index contributed by atoms with van der Waals surface area (Å²) in [6.07, 6.45) is -1.48. The SMILES string of the molecule is COc1cccc(CN2CCCn3cccc3[C@@H]2c2ccc(C(F)(F)F)cc2)c1O. The molecule has 0 amide bonds. The molecule has 1 aliphatic rings. The molecule has 0 aliphatic carbocycles. The molecule has 3 aromatic rings. The number of halogens is 3. The number of ether oxygens (including phenoxy) is 1. The Kier molecular flexibility index (Phi) is 5.47. The highest BCUT2D eigenvalue weighted by Crippen LogP contribution is 2.37. The minimum Gasteiger partial charge on any atom is -0.504 e. The van der Waals surface area contributed by atoms with Gasteiger partial charge in [0.1, 0.15) is 0 Å². The van der Waals surface area contributed by atoms with Crippen molar-refractivity contribution in [3.63, 3.8) is 0 Å². The third kappa shape index (κ3) is 3.89. The fourth-order valence-electron chi connectivity index (χ4n) is 4.12. The van der Waals surface area contributed by atoms with Crippen molar-refractivity contribution in [3.8, 4) is 11.5 Å². The van der Waals surface area contributed by atoms with Crippen molar-refractivity contribution in [2.45, 2.75) is 31.7 Å². The van der Waals surface area contributed by atoms with Crippen LogP contribution in [0.3, 0.4) is 0 Å². The number of phenolic OH excluding ortho intramolecular Hbond substituents is 1. The Morgan fingerprint density at radius 1 is 1.03 bits per heavy atom. The second-order valence-electron chi connectivity index (χ2n) is 7.44. The minimum atomic E-state index is -4.37. The molecule has 1 atom stereocenters. The van der Waals surface area contributed by atoms with Crippen molar-refractivity contribution < 1.29 is 23.0 Å². The Hall–Kier alpha value is -2.93. The van der Waals surface area contributed by atoms with Crippen LogP contribution in [0.15, 0.2) is 60.8 Å². The number of hydrogen-bond donors (Lipinski definition) is 1. The van der Waals surface area contributed by atoms with E-state index in [9.17, 15) is 18.3 Å². The molecule has 1 aliphatic heterocycles. The lowest BCUT2D eigenvalue weighted by atomic mass is 9.99. The monoisotopic (exact) mass is 416 g/mol. The molecule has 0 radical (unpaired) electrons. The van der Waals surface area contributed by atoms with Gasteiger partial charge in [-0.05, 0) is 42.3 Å². The quantitative estimate of drug-likeness (QED) is 0.634. The molecule has 0 saturated heterocycles. The van der Waals surface area contributed by atoms with Crippen molar-refractivity contribution >= 4 is 0 Å². The molecule has 2 heterocycles. The summed E-state index contributed by atoms with van der Waals surface area (Å²) in [6.45, 7) is 2.02. The second kappa shape index (κ2) is 8.07. The number of benzene rings is 2. The van der Waals surface area contributed by atoms with Crippen LogP contribution in [-0.2, 0) is 19.3 Å². The van der Waals surface area contributed by atoms with E-state index in [4.69, 9.17) is 4.74 Å². The number of phenols is 1. The Bertz CT molecular complexity index is 1010. The number of para-hydroxylation sites is 1. The molecule has 4 nitrogen and oxygen atoms in total. The normalized spacial score (nSPS) is 17.4. The van der Waals surface area contributed by atoms with Crippen LogP contribution in [-0.4, -0.2) is 28.2 Å². The largest absolute Gasteiger partial charge is 0.504 e. The highest BCUT2D eigenvalue weighted by Gasteiger charge is 2.32. The van der Waals surface area contributed by atoms with Crippen LogP contribution in [0.25, 0.3) is 0 Å². The van der Waals surface area contributed by atoms with Crippen LogP contribution in [0.4, 0.5) is 13.2 Å². The average Bonchev–Trinajstić information content (AvgIpc) is 3.10. The number of methoxy groups -OCH3 is 1. The Labute approximate surface area is 173 Å². The van der Waals surface area contributed by atoms with E-state index < -0.39 is 11.7 Å². The summed E-state index contributed by atoms with van der Waals surface area (Å²) < 4.78 is 46.5. The predicted molar refractivity (Wildman–Crippen MR) is 107 cm³/mol. The molecule has 2 aromatic carbocycles. The van der Waals surface area contributed by atoms with Crippen molar-refractivity contribution in [2.24, 2.45) is 0 Å². The second-order valence-corrected chi connectivity index (χ2v) is 7.44. The first kappa shape index (κ1) is 20.3. The van der Waals surface area contributed by atoms with E-state index in [0.717, 1.165) is 42.9 Å². The lowest BCUT2D eigenvalue weighted by Gasteiger charge is -2.31. The molecular formula is C23H23F3N2O2. The summed E-state index contributed by atoms with van der Waals surface area (Å²) in [6, 6.07) is 14.5. The number of aryl methyl sites for hydroxylation is 1. The highest BCUT2D eigenvalue weighted by molar-refractivity contribution is 5.45. The van der Waals surface area contributed by atoms with Crippen molar-refractivity contribution in [2.75, 3.05) is 13.7 Å². The van der Waals surface area contributed by atoms with Crippen molar-refractivity contribution in [1.29, 1.82) is 0 Å². The van der Waals surface area contributed by atoms with E-state index in [2.05, 4.69) is 9.47 Å². The van der Waals surface area contributed by atoms with Gasteiger partial charge in [0.15, 0.2) is 11.5 Å². The van der Waals surface area contributed by atoms with E-state index in [0.29, 0.717) is 17.9 Å². The summed E-state index contributed by atoms with van der Waals surface area (Å²) >= 11 is 0. The molecule has 0 bridgehead atoms. The van der Waals surface area contributed by atoms with E-state index in [-0.39, 0.29) is 11.8 Å². The number of hydrogen-bond acceptors (Lipinski definition) is 3. The number of aromatic hydroxyl groups is 1. The van der Waals surface area contributed by atoms with Gasteiger partial charge < -0.3 is 14.4 Å². The first-order chi connectivity index (χ1) is 14.4. The average molecular weight is 416 g/mol. The molecule has 158 valence electrons. The van der Waals surface area contributed by atoms with Gasteiger partial charge in [0.05, 0.1) is 18.7 Å². The molecule has 0 unspecified atom stereocenters. The maximum absolute atomic E-state index is 13.0. The van der Waals surface area contributed by atoms with Crippen molar-refractivity contribution in [3.05, 3.63) is 83.2 Å². The lowest BCUT2D eigenvalue weighted by molar-refractivity contribution is -0.137. The van der Waals surface area contributed by atoms with Crippen LogP contribution >= 0.6 is 0 Å². The molecule has 4 rings (SSSR count). The Balaban J connectivity index is 1.73. The van der Waals surface area contributed by atoms with Gasteiger partial charge in [-0.1, -0.05) is 24.3 Å². The van der Waals surface area contributed by atoms with Gasteiger partial charge in [-0.25, -0.2) is 0 Å². The summed E-state index contributed by atoms with van der Waals surface area (Å²) in [5.41, 5.74) is 1.86. The lowest BCUT2D eigenvalue weighted by Crippen LogP contribution is -2.29. The maximum Gasteiger partial charge on any atom is 0.416 e. The molecule has 30 heavy (non-hydrogen) atoms. The van der Waals surface area contributed by atoms with E-state index >= 15 is 0 Å². The molecule has 0 spiro atoms. The third-order valence-corrected chi connectivity index (χ3v) is 5.58. The summed E-state index contributed by atoms with van der Waals surface area (Å²) in [7, 11) is 1.50. The summed E-state index contributed by atoms with van der Waals surface area (Å²) in [4.78, 5) is 2.19. The fourth-order valence-corrected chi connectivity index (χ4v) is 4.12. The van der Waals surface area contributed by atoms with Crippen molar-refractivity contribution in [1.82, 2.24) is 9.47 Å². The zero-order valence-electron chi connectivity index (χ0n) is 16.6. The van der Waals surface area contributed by atoms with E-state index in [1.807, 2.05) is 30.5 Å². The molecule has 0 fully saturated rings. The Morgan fingerprint density at radius 3 is 2.50 bits per heavy atom. The smallest absolute Gasteiger partial charge is 0.416 e. The zero-order valence-corrected chi connectivity index (χ0v) is 16.6.